The van der Waals surface area contributed by atoms with Gasteiger partial charge in [-0.25, -0.2) is 4.39 Å². The second-order valence-electron chi connectivity index (χ2n) is 6.17. The Morgan fingerprint density at radius 3 is 2.80 bits per heavy atom. The summed E-state index contributed by atoms with van der Waals surface area (Å²) in [5.74, 6) is -1.76. The molecule has 1 unspecified atom stereocenters. The van der Waals surface area contributed by atoms with E-state index in [1.54, 1.807) is 0 Å². The van der Waals surface area contributed by atoms with E-state index < -0.39 is 11.7 Å². The van der Waals surface area contributed by atoms with Crippen molar-refractivity contribution in [2.45, 2.75) is 6.42 Å². The molecule has 2 amide bonds. The molecule has 2 aliphatic rings. The van der Waals surface area contributed by atoms with Crippen LogP contribution in [0.2, 0.25) is 5.02 Å². The third-order valence-corrected chi connectivity index (χ3v) is 4.86. The number of nitrogens with zero attached hydrogens (tertiary/aromatic N) is 2. The summed E-state index contributed by atoms with van der Waals surface area (Å²) < 4.78 is 18.5. The summed E-state index contributed by atoms with van der Waals surface area (Å²) in [6.45, 7) is 4.81. The first-order valence-electron chi connectivity index (χ1n) is 8.40. The Kier molecular flexibility index (Phi) is 5.88. The number of hydrogen-bond donors (Lipinski definition) is 1. The number of carbonyl (C=O) groups is 2. The summed E-state index contributed by atoms with van der Waals surface area (Å²) in [7, 11) is 0. The molecule has 1 atom stereocenters. The zero-order valence-corrected chi connectivity index (χ0v) is 14.6. The third kappa shape index (κ3) is 4.29. The minimum atomic E-state index is -0.700. The molecule has 8 heteroatoms. The van der Waals surface area contributed by atoms with Gasteiger partial charge < -0.3 is 15.0 Å². The first-order valence-corrected chi connectivity index (χ1v) is 8.78. The topological polar surface area (TPSA) is 61.9 Å². The number of amides is 2. The van der Waals surface area contributed by atoms with Crippen LogP contribution in [0.3, 0.4) is 0 Å². The molecule has 2 aliphatic heterocycles. The van der Waals surface area contributed by atoms with E-state index in [-0.39, 0.29) is 16.8 Å². The Labute approximate surface area is 150 Å². The maximum absolute atomic E-state index is 13.3. The second-order valence-corrected chi connectivity index (χ2v) is 6.58. The van der Waals surface area contributed by atoms with Gasteiger partial charge in [0, 0.05) is 38.4 Å². The van der Waals surface area contributed by atoms with Crippen molar-refractivity contribution < 1.29 is 18.7 Å². The fraction of sp³-hybridized carbons (Fsp3) is 0.529. The van der Waals surface area contributed by atoms with Gasteiger partial charge in [-0.15, -0.1) is 0 Å². The number of nitrogens with one attached hydrogen (secondary N) is 1. The largest absolute Gasteiger partial charge is 0.379 e. The van der Waals surface area contributed by atoms with Gasteiger partial charge in [0.2, 0.25) is 11.8 Å². The van der Waals surface area contributed by atoms with Gasteiger partial charge in [-0.3, -0.25) is 14.5 Å². The highest BCUT2D eigenvalue weighted by molar-refractivity contribution is 6.31. The van der Waals surface area contributed by atoms with E-state index in [2.05, 4.69) is 10.2 Å². The van der Waals surface area contributed by atoms with E-state index in [4.69, 9.17) is 16.3 Å². The predicted molar refractivity (Wildman–Crippen MR) is 92.1 cm³/mol. The molecule has 3 rings (SSSR count). The van der Waals surface area contributed by atoms with Crippen LogP contribution in [0.15, 0.2) is 18.2 Å². The van der Waals surface area contributed by atoms with Crippen molar-refractivity contribution in [2.75, 3.05) is 50.8 Å². The number of ether oxygens (including phenoxy) is 1. The quantitative estimate of drug-likeness (QED) is 0.794. The van der Waals surface area contributed by atoms with E-state index in [1.165, 1.54) is 23.1 Å². The Bertz CT molecular complexity index is 652. The average molecular weight is 370 g/mol. The van der Waals surface area contributed by atoms with Gasteiger partial charge >= 0.3 is 0 Å². The van der Waals surface area contributed by atoms with Gasteiger partial charge in [-0.05, 0) is 24.6 Å². The lowest BCUT2D eigenvalue weighted by atomic mass is 10.1. The molecule has 0 bridgehead atoms. The van der Waals surface area contributed by atoms with Crippen LogP contribution in [0, 0.1) is 11.7 Å². The van der Waals surface area contributed by atoms with Crippen molar-refractivity contribution in [2.24, 2.45) is 5.92 Å². The maximum atomic E-state index is 13.3. The van der Waals surface area contributed by atoms with E-state index in [0.717, 1.165) is 19.6 Å². The molecule has 0 aromatic heterocycles. The number of halogens is 2. The van der Waals surface area contributed by atoms with Crippen molar-refractivity contribution in [1.29, 1.82) is 0 Å². The summed E-state index contributed by atoms with van der Waals surface area (Å²) in [5.41, 5.74) is 0.514. The van der Waals surface area contributed by atoms with Crippen molar-refractivity contribution in [1.82, 2.24) is 10.2 Å². The van der Waals surface area contributed by atoms with Crippen LogP contribution in [0.4, 0.5) is 10.1 Å². The molecule has 1 aromatic rings. The van der Waals surface area contributed by atoms with Gasteiger partial charge in [0.05, 0.1) is 18.2 Å². The first kappa shape index (κ1) is 18.1. The zero-order valence-electron chi connectivity index (χ0n) is 13.8. The second kappa shape index (κ2) is 8.12. The SMILES string of the molecule is O=C(NCCN1CCOCC1)C1CCN(c2ccc(F)c(Cl)c2)C1=O. The molecular weight excluding hydrogens is 349 g/mol. The number of benzene rings is 1. The zero-order chi connectivity index (χ0) is 17.8. The molecule has 1 aromatic carbocycles. The average Bonchev–Trinajstić information content (AvgIpc) is 3.00. The van der Waals surface area contributed by atoms with Gasteiger partial charge in [-0.2, -0.15) is 0 Å². The van der Waals surface area contributed by atoms with Crippen molar-refractivity contribution in [3.05, 3.63) is 29.0 Å². The number of hydrogen-bond acceptors (Lipinski definition) is 4. The van der Waals surface area contributed by atoms with Gasteiger partial charge in [0.25, 0.3) is 0 Å². The van der Waals surface area contributed by atoms with Crippen LogP contribution in [0.25, 0.3) is 0 Å². The molecule has 1 N–H and O–H groups in total. The lowest BCUT2D eigenvalue weighted by Gasteiger charge is -2.26. The van der Waals surface area contributed by atoms with Crippen LogP contribution in [-0.2, 0) is 14.3 Å². The van der Waals surface area contributed by atoms with Crippen molar-refractivity contribution in [3.63, 3.8) is 0 Å². The first-order chi connectivity index (χ1) is 12.1. The van der Waals surface area contributed by atoms with E-state index in [1.807, 2.05) is 0 Å². The smallest absolute Gasteiger partial charge is 0.239 e. The molecule has 2 saturated heterocycles. The van der Waals surface area contributed by atoms with Gasteiger partial charge in [-0.1, -0.05) is 11.6 Å². The molecule has 0 aliphatic carbocycles. The maximum Gasteiger partial charge on any atom is 0.239 e. The van der Waals surface area contributed by atoms with Crippen LogP contribution >= 0.6 is 11.6 Å². The lowest BCUT2D eigenvalue weighted by Crippen LogP contribution is -2.43. The lowest BCUT2D eigenvalue weighted by molar-refractivity contribution is -0.132. The predicted octanol–water partition coefficient (Wildman–Crippen LogP) is 1.28. The van der Waals surface area contributed by atoms with Crippen LogP contribution in [0.1, 0.15) is 6.42 Å². The van der Waals surface area contributed by atoms with Crippen LogP contribution < -0.4 is 10.2 Å². The minimum absolute atomic E-state index is 0.0382. The number of morpholine rings is 1. The molecule has 2 heterocycles. The number of carbonyl (C=O) groups excluding carboxylic acids is 2. The standard InChI is InChI=1S/C17H21ClFN3O3/c18-14-11-12(1-2-15(14)19)22-5-3-13(17(22)24)16(23)20-4-6-21-7-9-25-10-8-21/h1-2,11,13H,3-10H2,(H,20,23). The normalized spacial score (nSPS) is 21.6. The van der Waals surface area contributed by atoms with E-state index >= 15 is 0 Å². The molecule has 6 nitrogen and oxygen atoms in total. The number of anilines is 1. The Hall–Kier alpha value is -1.70. The fourth-order valence-corrected chi connectivity index (χ4v) is 3.29. The van der Waals surface area contributed by atoms with E-state index in [9.17, 15) is 14.0 Å². The summed E-state index contributed by atoms with van der Waals surface area (Å²) in [6, 6.07) is 4.13. The molecule has 136 valence electrons. The third-order valence-electron chi connectivity index (χ3n) is 4.57. The number of rotatable bonds is 5. The van der Waals surface area contributed by atoms with Gasteiger partial charge in [0.1, 0.15) is 11.7 Å². The Balaban J connectivity index is 1.52. The molecule has 2 fully saturated rings. The van der Waals surface area contributed by atoms with Gasteiger partial charge in [0.15, 0.2) is 0 Å². The molecule has 25 heavy (non-hydrogen) atoms. The molecule has 0 saturated carbocycles. The Morgan fingerprint density at radius 1 is 1.32 bits per heavy atom. The van der Waals surface area contributed by atoms with Crippen molar-refractivity contribution >= 4 is 29.1 Å². The Morgan fingerprint density at radius 2 is 2.08 bits per heavy atom. The monoisotopic (exact) mass is 369 g/mol. The van der Waals surface area contributed by atoms with Crippen LogP contribution in [-0.4, -0.2) is 62.7 Å². The highest BCUT2D eigenvalue weighted by Gasteiger charge is 2.37. The highest BCUT2D eigenvalue weighted by Crippen LogP contribution is 2.28. The van der Waals surface area contributed by atoms with E-state index in [0.29, 0.717) is 38.4 Å². The highest BCUT2D eigenvalue weighted by atomic mass is 35.5. The summed E-state index contributed by atoms with van der Waals surface area (Å²) in [6.07, 6.45) is 0.442. The molecule has 0 radical (unpaired) electrons. The van der Waals surface area contributed by atoms with Crippen molar-refractivity contribution in [3.8, 4) is 0 Å². The minimum Gasteiger partial charge on any atom is -0.379 e. The fourth-order valence-electron chi connectivity index (χ4n) is 3.12. The molecule has 0 spiro atoms. The molecular formula is C17H21ClFN3O3. The summed E-state index contributed by atoms with van der Waals surface area (Å²) in [5, 5.41) is 2.80. The summed E-state index contributed by atoms with van der Waals surface area (Å²) >= 11 is 5.78. The van der Waals surface area contributed by atoms with Crippen LogP contribution in [0.5, 0.6) is 0 Å². The summed E-state index contributed by atoms with van der Waals surface area (Å²) in [4.78, 5) is 28.5.